The number of benzene rings is 2. The minimum absolute atomic E-state index is 0.225. The first-order chi connectivity index (χ1) is 13.9. The van der Waals surface area contributed by atoms with Gasteiger partial charge < -0.3 is 9.64 Å². The van der Waals surface area contributed by atoms with Crippen molar-refractivity contribution in [3.63, 3.8) is 0 Å². The first kappa shape index (κ1) is 21.7. The number of rotatable bonds is 6. The molecule has 0 unspecified atom stereocenters. The number of esters is 1. The molecule has 0 aliphatic rings. The van der Waals surface area contributed by atoms with Crippen molar-refractivity contribution in [2.45, 2.75) is 39.3 Å². The predicted octanol–water partition coefficient (Wildman–Crippen LogP) is 3.67. The van der Waals surface area contributed by atoms with Crippen LogP contribution in [0, 0.1) is 23.2 Å². The number of hydrogen-bond donors (Lipinski definition) is 0. The minimum atomic E-state index is -0.845. The zero-order valence-corrected chi connectivity index (χ0v) is 16.9. The number of hydrogen-bond acceptors (Lipinski definition) is 4. The molecule has 0 atom stereocenters. The molecule has 0 fully saturated rings. The van der Waals surface area contributed by atoms with E-state index >= 15 is 0 Å². The van der Waals surface area contributed by atoms with Crippen LogP contribution < -0.4 is 0 Å². The van der Waals surface area contributed by atoms with Gasteiger partial charge in [-0.25, -0.2) is 0 Å². The zero-order valence-electron chi connectivity index (χ0n) is 16.9. The molecule has 5 heteroatoms. The molecule has 0 saturated carbocycles. The molecule has 1 amide bonds. The molecule has 0 aliphatic carbocycles. The Labute approximate surface area is 171 Å². The highest BCUT2D eigenvalue weighted by Gasteiger charge is 2.30. The highest BCUT2D eigenvalue weighted by molar-refractivity contribution is 5.94. The van der Waals surface area contributed by atoms with Crippen LogP contribution in [0.2, 0.25) is 0 Å². The first-order valence-electron chi connectivity index (χ1n) is 9.39. The molecule has 0 bridgehead atoms. The van der Waals surface area contributed by atoms with Crippen molar-refractivity contribution in [3.05, 3.63) is 71.3 Å². The van der Waals surface area contributed by atoms with Crippen molar-refractivity contribution in [2.75, 3.05) is 6.61 Å². The molecule has 2 rings (SSSR count). The van der Waals surface area contributed by atoms with E-state index in [2.05, 4.69) is 17.9 Å². The highest BCUT2D eigenvalue weighted by Crippen LogP contribution is 2.20. The van der Waals surface area contributed by atoms with Crippen LogP contribution in [0.1, 0.15) is 43.9 Å². The minimum Gasteiger partial charge on any atom is -0.466 e. The fraction of sp³-hybridized carbons (Fsp3) is 0.292. The molecular formula is C24H24N2O3. The van der Waals surface area contributed by atoms with Gasteiger partial charge in [-0.2, -0.15) is 5.26 Å². The van der Waals surface area contributed by atoms with E-state index in [0.717, 1.165) is 5.56 Å². The van der Waals surface area contributed by atoms with Crippen LogP contribution in [-0.2, 0) is 20.9 Å². The highest BCUT2D eigenvalue weighted by atomic mass is 16.5. The molecule has 0 aromatic heterocycles. The monoisotopic (exact) mass is 388 g/mol. The summed E-state index contributed by atoms with van der Waals surface area (Å²) in [5, 5.41) is 9.05. The summed E-state index contributed by atoms with van der Waals surface area (Å²) in [7, 11) is 0. The zero-order chi connectivity index (χ0) is 21.3. The molecule has 29 heavy (non-hydrogen) atoms. The third kappa shape index (κ3) is 6.52. The number of ether oxygens (including phenoxy) is 1. The second-order valence-electron chi connectivity index (χ2n) is 6.95. The van der Waals surface area contributed by atoms with E-state index in [9.17, 15) is 9.59 Å². The lowest BCUT2D eigenvalue weighted by Crippen LogP contribution is -2.47. The fourth-order valence-electron chi connectivity index (χ4n) is 2.75. The average molecular weight is 388 g/mol. The van der Waals surface area contributed by atoms with Gasteiger partial charge >= 0.3 is 5.97 Å². The molecule has 0 spiro atoms. The van der Waals surface area contributed by atoms with Crippen LogP contribution in [0.3, 0.4) is 0 Å². The van der Waals surface area contributed by atoms with Gasteiger partial charge in [-0.05, 0) is 44.5 Å². The molecule has 2 aromatic rings. The van der Waals surface area contributed by atoms with E-state index < -0.39 is 11.5 Å². The maximum absolute atomic E-state index is 12.9. The van der Waals surface area contributed by atoms with E-state index in [0.29, 0.717) is 17.7 Å². The summed E-state index contributed by atoms with van der Waals surface area (Å²) in [5.74, 6) is 5.27. The average Bonchev–Trinajstić information content (AvgIpc) is 2.71. The van der Waals surface area contributed by atoms with Crippen molar-refractivity contribution >= 4 is 11.9 Å². The molecule has 5 nitrogen and oxygen atoms in total. The standard InChI is InChI=1S/C24H24N2O3/c1-4-29-23(28)16-22(27)26(18-20-9-6-5-7-10-20)24(2,3)14-13-19-11-8-12-21(15-19)17-25/h5-12,15H,4,16,18H2,1-3H3. The van der Waals surface area contributed by atoms with Crippen LogP contribution in [0.25, 0.3) is 0 Å². The van der Waals surface area contributed by atoms with Gasteiger partial charge in [0.25, 0.3) is 0 Å². The number of nitriles is 1. The van der Waals surface area contributed by atoms with Crippen molar-refractivity contribution in [1.82, 2.24) is 4.90 Å². The van der Waals surface area contributed by atoms with Gasteiger partial charge in [0.1, 0.15) is 6.42 Å². The van der Waals surface area contributed by atoms with Crippen molar-refractivity contribution in [2.24, 2.45) is 0 Å². The normalized spacial score (nSPS) is 10.3. The Hall–Kier alpha value is -3.57. The Morgan fingerprint density at radius 3 is 2.41 bits per heavy atom. The third-order valence-corrected chi connectivity index (χ3v) is 4.26. The second kappa shape index (κ2) is 10.1. The van der Waals surface area contributed by atoms with Gasteiger partial charge in [-0.3, -0.25) is 9.59 Å². The lowest BCUT2D eigenvalue weighted by atomic mass is 10.00. The Morgan fingerprint density at radius 2 is 1.76 bits per heavy atom. The Morgan fingerprint density at radius 1 is 1.07 bits per heavy atom. The van der Waals surface area contributed by atoms with Gasteiger partial charge in [0.05, 0.1) is 23.8 Å². The molecule has 0 radical (unpaired) electrons. The van der Waals surface area contributed by atoms with Crippen LogP contribution in [0.4, 0.5) is 0 Å². The topological polar surface area (TPSA) is 70.4 Å². The number of amides is 1. The summed E-state index contributed by atoms with van der Waals surface area (Å²) in [6.07, 6.45) is -0.338. The summed E-state index contributed by atoms with van der Waals surface area (Å²) in [4.78, 5) is 26.3. The Balaban J connectivity index is 2.32. The SMILES string of the molecule is CCOC(=O)CC(=O)N(Cc1ccccc1)C(C)(C)C#Cc1cccc(C#N)c1. The molecule has 0 saturated heterocycles. The fourth-order valence-corrected chi connectivity index (χ4v) is 2.75. The van der Waals surface area contributed by atoms with E-state index in [1.54, 1.807) is 30.0 Å². The summed E-state index contributed by atoms with van der Waals surface area (Å²) >= 11 is 0. The largest absolute Gasteiger partial charge is 0.466 e. The predicted molar refractivity (Wildman–Crippen MR) is 110 cm³/mol. The smallest absolute Gasteiger partial charge is 0.315 e. The number of nitrogens with zero attached hydrogens (tertiary/aromatic N) is 2. The van der Waals surface area contributed by atoms with Crippen LogP contribution in [0.15, 0.2) is 54.6 Å². The lowest BCUT2D eigenvalue weighted by Gasteiger charge is -2.35. The van der Waals surface area contributed by atoms with E-state index in [1.807, 2.05) is 50.2 Å². The molecule has 0 heterocycles. The maximum Gasteiger partial charge on any atom is 0.315 e. The van der Waals surface area contributed by atoms with E-state index in [-0.39, 0.29) is 18.9 Å². The molecule has 2 aromatic carbocycles. The second-order valence-corrected chi connectivity index (χ2v) is 6.95. The first-order valence-corrected chi connectivity index (χ1v) is 9.39. The van der Waals surface area contributed by atoms with Gasteiger partial charge in [0.15, 0.2) is 0 Å². The maximum atomic E-state index is 12.9. The van der Waals surface area contributed by atoms with Crippen molar-refractivity contribution < 1.29 is 14.3 Å². The van der Waals surface area contributed by atoms with Gasteiger partial charge in [-0.15, -0.1) is 0 Å². The Kier molecular flexibility index (Phi) is 7.57. The molecule has 0 aliphatic heterocycles. The Bertz CT molecular complexity index is 963. The van der Waals surface area contributed by atoms with Crippen LogP contribution in [-0.4, -0.2) is 28.9 Å². The summed E-state index contributed by atoms with van der Waals surface area (Å²) in [5.41, 5.74) is 1.30. The summed E-state index contributed by atoms with van der Waals surface area (Å²) in [6, 6.07) is 18.6. The number of carbonyl (C=O) groups excluding carboxylic acids is 2. The van der Waals surface area contributed by atoms with E-state index in [1.165, 1.54) is 0 Å². The van der Waals surface area contributed by atoms with Crippen LogP contribution >= 0.6 is 0 Å². The van der Waals surface area contributed by atoms with Crippen molar-refractivity contribution in [1.29, 1.82) is 5.26 Å². The molecule has 0 N–H and O–H groups in total. The lowest BCUT2D eigenvalue weighted by molar-refractivity contribution is -0.150. The van der Waals surface area contributed by atoms with Crippen molar-refractivity contribution in [3.8, 4) is 17.9 Å². The number of carbonyl (C=O) groups is 2. The molecular weight excluding hydrogens is 364 g/mol. The quantitative estimate of drug-likeness (QED) is 0.430. The van der Waals surface area contributed by atoms with Gasteiger partial charge in [0.2, 0.25) is 5.91 Å². The summed E-state index contributed by atoms with van der Waals surface area (Å²) < 4.78 is 4.93. The van der Waals surface area contributed by atoms with E-state index in [4.69, 9.17) is 10.00 Å². The molecule has 148 valence electrons. The summed E-state index contributed by atoms with van der Waals surface area (Å²) in [6.45, 7) is 5.91. The van der Waals surface area contributed by atoms with Gasteiger partial charge in [-0.1, -0.05) is 48.2 Å². The third-order valence-electron chi connectivity index (χ3n) is 4.26. The van der Waals surface area contributed by atoms with Crippen LogP contribution in [0.5, 0.6) is 0 Å². The van der Waals surface area contributed by atoms with Gasteiger partial charge in [0, 0.05) is 12.1 Å².